The quantitative estimate of drug-likeness (QED) is 0.812. The number of pyridine rings is 1. The molecule has 0 fully saturated rings. The third-order valence-electron chi connectivity index (χ3n) is 2.68. The van der Waals surface area contributed by atoms with E-state index in [1.165, 1.54) is 16.2 Å². The van der Waals surface area contributed by atoms with Crippen LogP contribution in [-0.4, -0.2) is 40.6 Å². The Morgan fingerprint density at radius 1 is 1.63 bits per heavy atom. The summed E-state index contributed by atoms with van der Waals surface area (Å²) < 4.78 is 0.880. The maximum atomic E-state index is 12.4. The Bertz CT molecular complexity index is 609. The van der Waals surface area contributed by atoms with Gasteiger partial charge in [-0.25, -0.2) is 0 Å². The Morgan fingerprint density at radius 2 is 2.42 bits per heavy atom. The first kappa shape index (κ1) is 13.5. The number of aromatic nitrogens is 1. The van der Waals surface area contributed by atoms with E-state index >= 15 is 0 Å². The number of rotatable bonds is 5. The zero-order chi connectivity index (χ0) is 13.8. The summed E-state index contributed by atoms with van der Waals surface area (Å²) in [6, 6.07) is 3.69. The van der Waals surface area contributed by atoms with Crippen LogP contribution in [0.5, 0.6) is 0 Å². The van der Waals surface area contributed by atoms with Gasteiger partial charge in [0.2, 0.25) is 0 Å². The van der Waals surface area contributed by atoms with Crippen LogP contribution in [0, 0.1) is 0 Å². The molecule has 0 aliphatic rings. The molecule has 2 heterocycles. The van der Waals surface area contributed by atoms with E-state index in [4.69, 9.17) is 10.8 Å². The second kappa shape index (κ2) is 5.81. The summed E-state index contributed by atoms with van der Waals surface area (Å²) in [6.07, 6.45) is 3.27. The molecular formula is C13H15N3O2S. The van der Waals surface area contributed by atoms with Crippen LogP contribution in [0.3, 0.4) is 0 Å². The number of aliphatic hydroxyl groups is 1. The lowest BCUT2D eigenvalue weighted by Crippen LogP contribution is -2.33. The fourth-order valence-corrected chi connectivity index (χ4v) is 2.85. The molecule has 0 aliphatic carbocycles. The molecule has 19 heavy (non-hydrogen) atoms. The molecule has 2 rings (SSSR count). The van der Waals surface area contributed by atoms with Crippen molar-refractivity contribution in [2.75, 3.05) is 25.4 Å². The fourth-order valence-electron chi connectivity index (χ4n) is 1.80. The molecule has 0 saturated heterocycles. The first-order chi connectivity index (χ1) is 9.19. The number of anilines is 1. The molecule has 0 aliphatic heterocycles. The number of hydrogen-bond donors (Lipinski definition) is 2. The lowest BCUT2D eigenvalue weighted by molar-refractivity contribution is 0.0748. The molecule has 100 valence electrons. The number of thiophene rings is 1. The second-order valence-corrected chi connectivity index (χ2v) is 5.01. The molecule has 0 atom stereocenters. The smallest absolute Gasteiger partial charge is 0.266 e. The van der Waals surface area contributed by atoms with E-state index in [0.717, 1.165) is 4.70 Å². The monoisotopic (exact) mass is 277 g/mol. The molecule has 2 aromatic heterocycles. The fraction of sp³-hybridized carbons (Fsp3) is 0.231. The maximum absolute atomic E-state index is 12.4. The molecule has 0 bridgehead atoms. The highest BCUT2D eigenvalue weighted by Crippen LogP contribution is 2.32. The first-order valence-corrected chi connectivity index (χ1v) is 6.64. The molecule has 3 N–H and O–H groups in total. The van der Waals surface area contributed by atoms with Crippen LogP contribution in [0.1, 0.15) is 9.67 Å². The number of nitrogens with two attached hydrogens (primary N) is 1. The molecule has 6 heteroatoms. The minimum atomic E-state index is -0.200. The predicted molar refractivity (Wildman–Crippen MR) is 77.2 cm³/mol. The normalized spacial score (nSPS) is 10.6. The number of amides is 1. The average molecular weight is 277 g/mol. The largest absolute Gasteiger partial charge is 0.396 e. The van der Waals surface area contributed by atoms with Gasteiger partial charge in [-0.1, -0.05) is 6.08 Å². The predicted octanol–water partition coefficient (Wildman–Crippen LogP) is 1.50. The van der Waals surface area contributed by atoms with Crippen molar-refractivity contribution in [1.82, 2.24) is 9.88 Å². The van der Waals surface area contributed by atoms with E-state index in [9.17, 15) is 4.79 Å². The number of nitrogens with zero attached hydrogens (tertiary/aromatic N) is 2. The van der Waals surface area contributed by atoms with Gasteiger partial charge in [-0.05, 0) is 12.1 Å². The Morgan fingerprint density at radius 3 is 3.05 bits per heavy atom. The van der Waals surface area contributed by atoms with E-state index in [1.807, 2.05) is 12.1 Å². The van der Waals surface area contributed by atoms with Crippen molar-refractivity contribution in [2.24, 2.45) is 0 Å². The first-order valence-electron chi connectivity index (χ1n) is 5.83. The van der Waals surface area contributed by atoms with Crippen LogP contribution in [-0.2, 0) is 0 Å². The topological polar surface area (TPSA) is 79.5 Å². The molecule has 0 aromatic carbocycles. The SMILES string of the molecule is C=CCN(CCO)C(=O)c1sc2cccnc2c1N. The van der Waals surface area contributed by atoms with Crippen molar-refractivity contribution >= 4 is 33.1 Å². The Hall–Kier alpha value is -1.92. The molecule has 0 unspecified atom stereocenters. The minimum absolute atomic E-state index is 0.0946. The summed E-state index contributed by atoms with van der Waals surface area (Å²) in [5.74, 6) is -0.200. The van der Waals surface area contributed by atoms with Gasteiger partial charge in [0.25, 0.3) is 5.91 Å². The lowest BCUT2D eigenvalue weighted by Gasteiger charge is -2.19. The highest BCUT2D eigenvalue weighted by molar-refractivity contribution is 7.21. The van der Waals surface area contributed by atoms with E-state index in [2.05, 4.69) is 11.6 Å². The molecule has 0 spiro atoms. The Labute approximate surface area is 115 Å². The summed E-state index contributed by atoms with van der Waals surface area (Å²) in [5, 5.41) is 9.00. The highest BCUT2D eigenvalue weighted by atomic mass is 32.1. The van der Waals surface area contributed by atoms with Crippen molar-refractivity contribution in [3.05, 3.63) is 35.9 Å². The van der Waals surface area contributed by atoms with E-state index in [1.54, 1.807) is 12.3 Å². The number of carbonyl (C=O) groups excluding carboxylic acids is 1. The number of fused-ring (bicyclic) bond motifs is 1. The third kappa shape index (κ3) is 2.59. The lowest BCUT2D eigenvalue weighted by atomic mass is 10.3. The van der Waals surface area contributed by atoms with Gasteiger partial charge in [-0.15, -0.1) is 17.9 Å². The van der Waals surface area contributed by atoms with Gasteiger partial charge in [-0.3, -0.25) is 9.78 Å². The summed E-state index contributed by atoms with van der Waals surface area (Å²) in [5.41, 5.74) is 7.03. The van der Waals surface area contributed by atoms with E-state index in [-0.39, 0.29) is 19.1 Å². The van der Waals surface area contributed by atoms with Crippen LogP contribution in [0.15, 0.2) is 31.0 Å². The summed E-state index contributed by atoms with van der Waals surface area (Å²) >= 11 is 1.32. The number of carbonyl (C=O) groups is 1. The van der Waals surface area contributed by atoms with Crippen molar-refractivity contribution in [3.63, 3.8) is 0 Å². The van der Waals surface area contributed by atoms with Gasteiger partial charge in [0.15, 0.2) is 0 Å². The standard InChI is InChI=1S/C13H15N3O2S/c1-2-6-16(7-8-17)13(18)12-10(14)11-9(19-12)4-3-5-15-11/h2-5,17H,1,6-8,14H2. The van der Waals surface area contributed by atoms with Crippen LogP contribution in [0.25, 0.3) is 10.2 Å². The van der Waals surface area contributed by atoms with Gasteiger partial charge >= 0.3 is 0 Å². The van der Waals surface area contributed by atoms with Crippen molar-refractivity contribution in [3.8, 4) is 0 Å². The number of hydrogen-bond acceptors (Lipinski definition) is 5. The van der Waals surface area contributed by atoms with Crippen LogP contribution >= 0.6 is 11.3 Å². The Kier molecular flexibility index (Phi) is 4.13. The van der Waals surface area contributed by atoms with Crippen LogP contribution in [0.2, 0.25) is 0 Å². The second-order valence-electron chi connectivity index (χ2n) is 3.96. The van der Waals surface area contributed by atoms with Crippen molar-refractivity contribution in [1.29, 1.82) is 0 Å². The maximum Gasteiger partial charge on any atom is 0.266 e. The van der Waals surface area contributed by atoms with Gasteiger partial charge in [0.1, 0.15) is 10.4 Å². The molecule has 0 saturated carbocycles. The van der Waals surface area contributed by atoms with Crippen LogP contribution in [0.4, 0.5) is 5.69 Å². The molecule has 5 nitrogen and oxygen atoms in total. The van der Waals surface area contributed by atoms with Crippen LogP contribution < -0.4 is 5.73 Å². The average Bonchev–Trinajstić information content (AvgIpc) is 2.76. The van der Waals surface area contributed by atoms with E-state index in [0.29, 0.717) is 22.6 Å². The third-order valence-corrected chi connectivity index (χ3v) is 3.83. The molecule has 1 amide bonds. The molecular weight excluding hydrogens is 262 g/mol. The minimum Gasteiger partial charge on any atom is -0.396 e. The zero-order valence-corrected chi connectivity index (χ0v) is 11.2. The molecule has 0 radical (unpaired) electrons. The molecule has 2 aromatic rings. The number of nitrogen functional groups attached to an aromatic ring is 1. The highest BCUT2D eigenvalue weighted by Gasteiger charge is 2.21. The van der Waals surface area contributed by atoms with Gasteiger partial charge in [-0.2, -0.15) is 0 Å². The van der Waals surface area contributed by atoms with E-state index < -0.39 is 0 Å². The summed E-state index contributed by atoms with van der Waals surface area (Å²) in [6.45, 7) is 4.15. The summed E-state index contributed by atoms with van der Waals surface area (Å²) in [4.78, 5) is 18.5. The number of aliphatic hydroxyl groups excluding tert-OH is 1. The van der Waals surface area contributed by atoms with Gasteiger partial charge in [0, 0.05) is 19.3 Å². The Balaban J connectivity index is 2.39. The van der Waals surface area contributed by atoms with Gasteiger partial charge in [0.05, 0.1) is 17.0 Å². The van der Waals surface area contributed by atoms with Crippen molar-refractivity contribution in [2.45, 2.75) is 0 Å². The zero-order valence-electron chi connectivity index (χ0n) is 10.4. The van der Waals surface area contributed by atoms with Crippen molar-refractivity contribution < 1.29 is 9.90 Å². The van der Waals surface area contributed by atoms with Gasteiger partial charge < -0.3 is 15.7 Å². The summed E-state index contributed by atoms with van der Waals surface area (Å²) in [7, 11) is 0.